The van der Waals surface area contributed by atoms with Gasteiger partial charge in [0, 0.05) is 30.4 Å². The van der Waals surface area contributed by atoms with Crippen molar-refractivity contribution in [1.29, 1.82) is 0 Å². The molecule has 1 saturated heterocycles. The lowest BCUT2D eigenvalue weighted by atomic mass is 10.0. The minimum absolute atomic E-state index is 0.178. The van der Waals surface area contributed by atoms with Crippen LogP contribution < -0.4 is 5.32 Å². The van der Waals surface area contributed by atoms with Crippen LogP contribution in [0.2, 0.25) is 0 Å². The molecule has 2 atom stereocenters. The number of ether oxygens (including phenoxy) is 1. The Kier molecular flexibility index (Phi) is 3.86. The van der Waals surface area contributed by atoms with Crippen LogP contribution in [0.15, 0.2) is 11.4 Å². The van der Waals surface area contributed by atoms with E-state index < -0.39 is 0 Å². The van der Waals surface area contributed by atoms with Gasteiger partial charge in [-0.1, -0.05) is 0 Å². The summed E-state index contributed by atoms with van der Waals surface area (Å²) >= 11 is 1.81. The van der Waals surface area contributed by atoms with E-state index in [-0.39, 0.29) is 18.0 Å². The summed E-state index contributed by atoms with van der Waals surface area (Å²) in [6, 6.07) is 2.55. The maximum Gasteiger partial charge on any atom is 0.224 e. The summed E-state index contributed by atoms with van der Waals surface area (Å²) < 4.78 is 5.41. The van der Waals surface area contributed by atoms with Gasteiger partial charge in [-0.05, 0) is 30.4 Å². The summed E-state index contributed by atoms with van der Waals surface area (Å²) in [7, 11) is 0. The van der Waals surface area contributed by atoms with Gasteiger partial charge in [0.25, 0.3) is 0 Å². The van der Waals surface area contributed by atoms with Crippen LogP contribution in [-0.2, 0) is 16.0 Å². The molecule has 1 fully saturated rings. The highest BCUT2D eigenvalue weighted by molar-refractivity contribution is 7.10. The molecule has 0 saturated carbocycles. The van der Waals surface area contributed by atoms with Crippen molar-refractivity contribution in [2.24, 2.45) is 0 Å². The second-order valence-electron chi connectivity index (χ2n) is 5.24. The molecule has 0 radical (unpaired) electrons. The number of hydrogen-bond donors (Lipinski definition) is 1. The van der Waals surface area contributed by atoms with Crippen molar-refractivity contribution in [3.8, 4) is 0 Å². The van der Waals surface area contributed by atoms with Crippen LogP contribution in [0.4, 0.5) is 0 Å². The molecule has 1 amide bonds. The molecule has 3 heterocycles. The minimum Gasteiger partial charge on any atom is -0.378 e. The smallest absolute Gasteiger partial charge is 0.224 e. The van der Waals surface area contributed by atoms with Crippen LogP contribution in [0.1, 0.15) is 29.8 Å². The first-order chi connectivity index (χ1) is 9.25. The van der Waals surface area contributed by atoms with E-state index >= 15 is 0 Å². The zero-order valence-electron chi connectivity index (χ0n) is 11.2. The van der Waals surface area contributed by atoms with Gasteiger partial charge in [0.2, 0.25) is 5.91 Å². The molecule has 104 valence electrons. The molecule has 2 aliphatic rings. The highest BCUT2D eigenvalue weighted by Gasteiger charge is 2.29. The molecule has 1 aromatic rings. The molecule has 2 unspecified atom stereocenters. The number of morpholine rings is 1. The Bertz CT molecular complexity index is 454. The van der Waals surface area contributed by atoms with Gasteiger partial charge in [-0.15, -0.1) is 11.3 Å². The number of hydrogen-bond acceptors (Lipinski definition) is 4. The SMILES string of the molecule is CC1c2ccsc2CCN1C(=O)CC1COCCN1. The molecular formula is C14H20N2O2S. The average Bonchev–Trinajstić information content (AvgIpc) is 2.89. The average molecular weight is 280 g/mol. The monoisotopic (exact) mass is 280 g/mol. The normalized spacial score (nSPS) is 27.1. The van der Waals surface area contributed by atoms with E-state index in [1.807, 2.05) is 16.2 Å². The number of amides is 1. The van der Waals surface area contributed by atoms with Crippen molar-refractivity contribution in [2.75, 3.05) is 26.3 Å². The Morgan fingerprint density at radius 2 is 2.53 bits per heavy atom. The lowest BCUT2D eigenvalue weighted by Gasteiger charge is -2.35. The number of nitrogens with zero attached hydrogens (tertiary/aromatic N) is 1. The number of carbonyl (C=O) groups excluding carboxylic acids is 1. The van der Waals surface area contributed by atoms with Crippen LogP contribution in [-0.4, -0.2) is 43.2 Å². The minimum atomic E-state index is 0.178. The van der Waals surface area contributed by atoms with Crippen LogP contribution in [0.25, 0.3) is 0 Å². The van der Waals surface area contributed by atoms with Crippen molar-refractivity contribution in [3.05, 3.63) is 21.9 Å². The predicted octanol–water partition coefficient (Wildman–Crippen LogP) is 1.57. The first-order valence-corrected chi connectivity index (χ1v) is 7.80. The van der Waals surface area contributed by atoms with Crippen LogP contribution >= 0.6 is 11.3 Å². The van der Waals surface area contributed by atoms with Gasteiger partial charge in [0.05, 0.1) is 19.3 Å². The van der Waals surface area contributed by atoms with Crippen molar-refractivity contribution >= 4 is 17.2 Å². The zero-order valence-corrected chi connectivity index (χ0v) is 12.0. The van der Waals surface area contributed by atoms with Gasteiger partial charge in [-0.2, -0.15) is 0 Å². The van der Waals surface area contributed by atoms with E-state index in [9.17, 15) is 4.79 Å². The van der Waals surface area contributed by atoms with Crippen LogP contribution in [0.3, 0.4) is 0 Å². The lowest BCUT2D eigenvalue weighted by Crippen LogP contribution is -2.46. The Morgan fingerprint density at radius 3 is 3.32 bits per heavy atom. The maximum absolute atomic E-state index is 12.4. The third-order valence-electron chi connectivity index (χ3n) is 4.02. The highest BCUT2D eigenvalue weighted by atomic mass is 32.1. The first kappa shape index (κ1) is 13.1. The molecule has 0 aliphatic carbocycles. The standard InChI is InChI=1S/C14H20N2O2S/c1-10-12-3-7-19-13(12)2-5-16(10)14(17)8-11-9-18-6-4-15-11/h3,7,10-11,15H,2,4-6,8-9H2,1H3. The fourth-order valence-corrected chi connectivity index (χ4v) is 3.89. The van der Waals surface area contributed by atoms with Crippen LogP contribution in [0, 0.1) is 0 Å². The maximum atomic E-state index is 12.4. The summed E-state index contributed by atoms with van der Waals surface area (Å²) in [6.45, 7) is 5.23. The van der Waals surface area contributed by atoms with Gasteiger partial charge >= 0.3 is 0 Å². The quantitative estimate of drug-likeness (QED) is 0.894. The van der Waals surface area contributed by atoms with E-state index in [0.29, 0.717) is 13.0 Å². The van der Waals surface area contributed by atoms with E-state index in [0.717, 1.165) is 26.1 Å². The molecule has 3 rings (SSSR count). The Balaban J connectivity index is 1.64. The number of thiophene rings is 1. The summed E-state index contributed by atoms with van der Waals surface area (Å²) in [5.41, 5.74) is 1.33. The summed E-state index contributed by atoms with van der Waals surface area (Å²) in [6.07, 6.45) is 1.54. The van der Waals surface area contributed by atoms with Crippen molar-refractivity contribution in [2.45, 2.75) is 31.8 Å². The molecule has 0 bridgehead atoms. The fraction of sp³-hybridized carbons (Fsp3) is 0.643. The highest BCUT2D eigenvalue weighted by Crippen LogP contribution is 2.33. The summed E-state index contributed by atoms with van der Waals surface area (Å²) in [5, 5.41) is 5.48. The van der Waals surface area contributed by atoms with Gasteiger partial charge in [0.1, 0.15) is 0 Å². The molecule has 1 aromatic heterocycles. The summed E-state index contributed by atoms with van der Waals surface area (Å²) in [4.78, 5) is 15.9. The topological polar surface area (TPSA) is 41.6 Å². The van der Waals surface area contributed by atoms with Crippen molar-refractivity contribution in [3.63, 3.8) is 0 Å². The van der Waals surface area contributed by atoms with E-state index in [4.69, 9.17) is 4.74 Å². The third kappa shape index (κ3) is 2.68. The molecule has 0 spiro atoms. The van der Waals surface area contributed by atoms with E-state index in [1.165, 1.54) is 10.4 Å². The van der Waals surface area contributed by atoms with Gasteiger partial charge < -0.3 is 15.0 Å². The molecule has 1 N–H and O–H groups in total. The number of rotatable bonds is 2. The zero-order chi connectivity index (χ0) is 13.2. The Morgan fingerprint density at radius 1 is 1.63 bits per heavy atom. The number of carbonyl (C=O) groups is 1. The molecule has 0 aromatic carbocycles. The lowest BCUT2D eigenvalue weighted by molar-refractivity contribution is -0.135. The third-order valence-corrected chi connectivity index (χ3v) is 5.01. The van der Waals surface area contributed by atoms with Crippen molar-refractivity contribution < 1.29 is 9.53 Å². The second kappa shape index (κ2) is 5.61. The fourth-order valence-electron chi connectivity index (χ4n) is 2.93. The molecule has 19 heavy (non-hydrogen) atoms. The Hall–Kier alpha value is -0.910. The second-order valence-corrected chi connectivity index (χ2v) is 6.24. The summed E-state index contributed by atoms with van der Waals surface area (Å²) in [5.74, 6) is 0.243. The van der Waals surface area contributed by atoms with Gasteiger partial charge in [-0.3, -0.25) is 4.79 Å². The molecule has 2 aliphatic heterocycles. The van der Waals surface area contributed by atoms with E-state index in [1.54, 1.807) is 0 Å². The van der Waals surface area contributed by atoms with Crippen LogP contribution in [0.5, 0.6) is 0 Å². The molecular weight excluding hydrogens is 260 g/mol. The number of fused-ring (bicyclic) bond motifs is 1. The molecule has 5 heteroatoms. The largest absolute Gasteiger partial charge is 0.378 e. The number of nitrogens with one attached hydrogen (secondary N) is 1. The predicted molar refractivity (Wildman–Crippen MR) is 75.4 cm³/mol. The molecule has 4 nitrogen and oxygen atoms in total. The van der Waals surface area contributed by atoms with Crippen molar-refractivity contribution in [1.82, 2.24) is 10.2 Å². The van der Waals surface area contributed by atoms with E-state index in [2.05, 4.69) is 23.7 Å². The Labute approximate surface area is 117 Å². The first-order valence-electron chi connectivity index (χ1n) is 6.92. The van der Waals surface area contributed by atoms with Gasteiger partial charge in [-0.25, -0.2) is 0 Å². The van der Waals surface area contributed by atoms with Gasteiger partial charge in [0.15, 0.2) is 0 Å².